The van der Waals surface area contributed by atoms with Gasteiger partial charge in [-0.1, -0.05) is 60.7 Å². The topological polar surface area (TPSA) is 65.8 Å². The summed E-state index contributed by atoms with van der Waals surface area (Å²) >= 11 is 0. The number of nitrogens with one attached hydrogen (secondary N) is 1. The van der Waals surface area contributed by atoms with Crippen LogP contribution in [0.2, 0.25) is 0 Å². The molecule has 1 aliphatic heterocycles. The SMILES string of the molecule is CC(Nc1c(-c2ccccc2)nc2cnccn12)C(=O)N1CCN(C(C)c2ccccc2)CC1. The summed E-state index contributed by atoms with van der Waals surface area (Å²) in [6.45, 7) is 7.35. The Morgan fingerprint density at radius 3 is 2.32 bits per heavy atom. The number of anilines is 1. The number of amides is 1. The summed E-state index contributed by atoms with van der Waals surface area (Å²) in [5, 5.41) is 3.46. The molecule has 7 heteroatoms. The number of imidazole rings is 1. The maximum Gasteiger partial charge on any atom is 0.244 e. The highest BCUT2D eigenvalue weighted by atomic mass is 16.2. The molecule has 1 aliphatic rings. The van der Waals surface area contributed by atoms with Crippen molar-refractivity contribution in [1.29, 1.82) is 0 Å². The second-order valence-corrected chi connectivity index (χ2v) is 8.79. The molecule has 2 atom stereocenters. The molecule has 1 fully saturated rings. The molecule has 2 aromatic heterocycles. The van der Waals surface area contributed by atoms with Crippen molar-refractivity contribution in [3.05, 3.63) is 84.8 Å². The molecular formula is C27H30N6O. The highest BCUT2D eigenvalue weighted by Crippen LogP contribution is 2.29. The van der Waals surface area contributed by atoms with Gasteiger partial charge in [-0.25, -0.2) is 4.98 Å². The zero-order valence-electron chi connectivity index (χ0n) is 19.6. The van der Waals surface area contributed by atoms with Gasteiger partial charge in [0.05, 0.1) is 6.20 Å². The Balaban J connectivity index is 1.29. The second kappa shape index (κ2) is 9.65. The van der Waals surface area contributed by atoms with Crippen LogP contribution in [0.4, 0.5) is 5.82 Å². The molecule has 5 rings (SSSR count). The smallest absolute Gasteiger partial charge is 0.244 e. The maximum absolute atomic E-state index is 13.4. The zero-order valence-corrected chi connectivity index (χ0v) is 19.6. The number of carbonyl (C=O) groups excluding carboxylic acids is 1. The van der Waals surface area contributed by atoms with E-state index in [2.05, 4.69) is 46.4 Å². The third-order valence-electron chi connectivity index (χ3n) is 6.66. The molecule has 1 amide bonds. The molecule has 3 heterocycles. The van der Waals surface area contributed by atoms with Crippen LogP contribution in [0.5, 0.6) is 0 Å². The summed E-state index contributed by atoms with van der Waals surface area (Å²) < 4.78 is 1.96. The first-order valence-corrected chi connectivity index (χ1v) is 11.8. The molecule has 2 aromatic carbocycles. The van der Waals surface area contributed by atoms with Crippen LogP contribution in [0, 0.1) is 0 Å². The van der Waals surface area contributed by atoms with Crippen LogP contribution in [0.15, 0.2) is 79.3 Å². The summed E-state index contributed by atoms with van der Waals surface area (Å²) in [6, 6.07) is 20.5. The van der Waals surface area contributed by atoms with Crippen molar-refractivity contribution >= 4 is 17.4 Å². The van der Waals surface area contributed by atoms with Crippen molar-refractivity contribution in [2.24, 2.45) is 0 Å². The minimum absolute atomic E-state index is 0.107. The number of hydrogen-bond acceptors (Lipinski definition) is 5. The summed E-state index contributed by atoms with van der Waals surface area (Å²) in [6.07, 6.45) is 5.34. The molecule has 1 N–H and O–H groups in total. The fraction of sp³-hybridized carbons (Fsp3) is 0.296. The van der Waals surface area contributed by atoms with Gasteiger partial charge in [0, 0.05) is 50.2 Å². The van der Waals surface area contributed by atoms with Crippen molar-refractivity contribution in [1.82, 2.24) is 24.2 Å². The highest BCUT2D eigenvalue weighted by molar-refractivity contribution is 5.86. The molecule has 0 spiro atoms. The Labute approximate surface area is 200 Å². The van der Waals surface area contributed by atoms with E-state index < -0.39 is 0 Å². The Hall–Kier alpha value is -3.71. The lowest BCUT2D eigenvalue weighted by Crippen LogP contribution is -2.52. The predicted molar refractivity (Wildman–Crippen MR) is 135 cm³/mol. The number of aromatic nitrogens is 3. The summed E-state index contributed by atoms with van der Waals surface area (Å²) in [4.78, 5) is 26.7. The van der Waals surface area contributed by atoms with Gasteiger partial charge in [-0.15, -0.1) is 0 Å². The van der Waals surface area contributed by atoms with Gasteiger partial charge < -0.3 is 10.2 Å². The quantitative estimate of drug-likeness (QED) is 0.475. The second-order valence-electron chi connectivity index (χ2n) is 8.79. The van der Waals surface area contributed by atoms with Gasteiger partial charge in [-0.05, 0) is 19.4 Å². The van der Waals surface area contributed by atoms with E-state index in [1.165, 1.54) is 5.56 Å². The van der Waals surface area contributed by atoms with Crippen LogP contribution in [-0.4, -0.2) is 62.3 Å². The molecule has 0 saturated carbocycles. The van der Waals surface area contributed by atoms with Crippen molar-refractivity contribution in [3.63, 3.8) is 0 Å². The minimum atomic E-state index is -0.381. The lowest BCUT2D eigenvalue weighted by molar-refractivity contribution is -0.133. The minimum Gasteiger partial charge on any atom is -0.358 e. The lowest BCUT2D eigenvalue weighted by atomic mass is 10.1. The van der Waals surface area contributed by atoms with E-state index in [4.69, 9.17) is 4.98 Å². The van der Waals surface area contributed by atoms with E-state index in [0.29, 0.717) is 6.04 Å². The van der Waals surface area contributed by atoms with E-state index in [1.54, 1.807) is 12.4 Å². The summed E-state index contributed by atoms with van der Waals surface area (Å²) in [5.41, 5.74) is 3.87. The third-order valence-corrected chi connectivity index (χ3v) is 6.66. The maximum atomic E-state index is 13.4. The molecule has 0 radical (unpaired) electrons. The Kier molecular flexibility index (Phi) is 6.27. The number of fused-ring (bicyclic) bond motifs is 1. The Morgan fingerprint density at radius 1 is 0.941 bits per heavy atom. The van der Waals surface area contributed by atoms with Gasteiger partial charge in [-0.3, -0.25) is 19.1 Å². The standard InChI is InChI=1S/C27H30N6O/c1-20(27(34)32-17-15-31(16-18-32)21(2)22-9-5-3-6-10-22)29-26-25(23-11-7-4-8-12-23)30-24-19-28-13-14-33(24)26/h3-14,19-21,29H,15-18H2,1-2H3. The van der Waals surface area contributed by atoms with E-state index >= 15 is 0 Å². The molecule has 1 saturated heterocycles. The number of piperazine rings is 1. The first-order chi connectivity index (χ1) is 16.6. The Morgan fingerprint density at radius 2 is 1.62 bits per heavy atom. The van der Waals surface area contributed by atoms with Crippen LogP contribution < -0.4 is 5.32 Å². The average molecular weight is 455 g/mol. The van der Waals surface area contributed by atoms with Gasteiger partial charge >= 0.3 is 0 Å². The number of nitrogens with zero attached hydrogens (tertiary/aromatic N) is 5. The highest BCUT2D eigenvalue weighted by Gasteiger charge is 2.28. The van der Waals surface area contributed by atoms with Crippen molar-refractivity contribution in [2.75, 3.05) is 31.5 Å². The van der Waals surface area contributed by atoms with E-state index in [9.17, 15) is 4.79 Å². The summed E-state index contributed by atoms with van der Waals surface area (Å²) in [5.74, 6) is 0.913. The molecule has 7 nitrogen and oxygen atoms in total. The van der Waals surface area contributed by atoms with Crippen molar-refractivity contribution in [3.8, 4) is 11.3 Å². The van der Waals surface area contributed by atoms with Gasteiger partial charge in [0.1, 0.15) is 17.6 Å². The first-order valence-electron chi connectivity index (χ1n) is 11.8. The monoisotopic (exact) mass is 454 g/mol. The average Bonchev–Trinajstić information content (AvgIpc) is 3.27. The summed E-state index contributed by atoms with van der Waals surface area (Å²) in [7, 11) is 0. The van der Waals surface area contributed by atoms with Gasteiger partial charge in [-0.2, -0.15) is 0 Å². The molecule has 4 aromatic rings. The molecule has 34 heavy (non-hydrogen) atoms. The number of carbonyl (C=O) groups is 1. The predicted octanol–water partition coefficient (Wildman–Crippen LogP) is 4.10. The number of rotatable bonds is 6. The van der Waals surface area contributed by atoms with E-state index in [-0.39, 0.29) is 11.9 Å². The van der Waals surface area contributed by atoms with Gasteiger partial charge in [0.2, 0.25) is 5.91 Å². The third kappa shape index (κ3) is 4.39. The number of hydrogen-bond donors (Lipinski definition) is 1. The molecular weight excluding hydrogens is 424 g/mol. The van der Waals surface area contributed by atoms with Crippen LogP contribution in [0.25, 0.3) is 16.9 Å². The Bertz CT molecular complexity index is 1250. The lowest BCUT2D eigenvalue weighted by Gasteiger charge is -2.39. The van der Waals surface area contributed by atoms with Crippen LogP contribution in [0.1, 0.15) is 25.5 Å². The van der Waals surface area contributed by atoms with E-state index in [0.717, 1.165) is 48.9 Å². The normalized spacial score (nSPS) is 16.4. The van der Waals surface area contributed by atoms with Gasteiger partial charge in [0.15, 0.2) is 5.65 Å². The fourth-order valence-corrected chi connectivity index (χ4v) is 4.65. The fourth-order valence-electron chi connectivity index (χ4n) is 4.65. The van der Waals surface area contributed by atoms with Crippen molar-refractivity contribution < 1.29 is 4.79 Å². The van der Waals surface area contributed by atoms with Crippen LogP contribution in [-0.2, 0) is 4.79 Å². The molecule has 0 aliphatic carbocycles. The largest absolute Gasteiger partial charge is 0.358 e. The zero-order chi connectivity index (χ0) is 23.5. The van der Waals surface area contributed by atoms with Crippen molar-refractivity contribution in [2.45, 2.75) is 25.9 Å². The number of benzene rings is 2. The van der Waals surface area contributed by atoms with Crippen LogP contribution >= 0.6 is 0 Å². The molecule has 174 valence electrons. The first kappa shape index (κ1) is 22.1. The molecule has 0 bridgehead atoms. The van der Waals surface area contributed by atoms with Gasteiger partial charge in [0.25, 0.3) is 0 Å². The van der Waals surface area contributed by atoms with E-state index in [1.807, 2.05) is 58.8 Å². The van der Waals surface area contributed by atoms with Crippen LogP contribution in [0.3, 0.4) is 0 Å². The molecule has 2 unspecified atom stereocenters.